The van der Waals surface area contributed by atoms with E-state index in [2.05, 4.69) is 35.6 Å². The summed E-state index contributed by atoms with van der Waals surface area (Å²) in [6.45, 7) is 0.626. The van der Waals surface area contributed by atoms with Crippen molar-refractivity contribution in [1.29, 1.82) is 0 Å². The number of nitrogens with one attached hydrogen (secondary N) is 2. The van der Waals surface area contributed by atoms with E-state index >= 15 is 0 Å². The summed E-state index contributed by atoms with van der Waals surface area (Å²) < 4.78 is 1.72. The summed E-state index contributed by atoms with van der Waals surface area (Å²) in [4.78, 5) is 22.0. The third-order valence-corrected chi connectivity index (χ3v) is 3.27. The van der Waals surface area contributed by atoms with E-state index in [-0.39, 0.29) is 0 Å². The van der Waals surface area contributed by atoms with Gasteiger partial charge in [-0.1, -0.05) is 0 Å². The van der Waals surface area contributed by atoms with Gasteiger partial charge in [0, 0.05) is 30.5 Å². The Morgan fingerprint density at radius 3 is 2.80 bits per heavy atom. The summed E-state index contributed by atoms with van der Waals surface area (Å²) in [5.41, 5.74) is 1.79. The maximum absolute atomic E-state index is 4.36. The third kappa shape index (κ3) is 2.72. The van der Waals surface area contributed by atoms with Gasteiger partial charge in [0.25, 0.3) is 0 Å². The van der Waals surface area contributed by atoms with Gasteiger partial charge in [-0.05, 0) is 0 Å². The van der Waals surface area contributed by atoms with Crippen molar-refractivity contribution in [3.8, 4) is 5.95 Å². The van der Waals surface area contributed by atoms with Crippen molar-refractivity contribution in [1.82, 2.24) is 29.5 Å². The van der Waals surface area contributed by atoms with Gasteiger partial charge in [0.1, 0.15) is 6.33 Å². The van der Waals surface area contributed by atoms with E-state index in [1.165, 1.54) is 0 Å². The molecular weight excluding hydrogens is 276 g/mol. The second kappa shape index (κ2) is 5.61. The highest BCUT2D eigenvalue weighted by molar-refractivity contribution is 7.09. The molecule has 0 atom stereocenters. The Balaban J connectivity index is 1.84. The smallest absolute Gasteiger partial charge is 0.241 e. The molecule has 3 rings (SSSR count). The minimum atomic E-state index is 0.496. The summed E-state index contributed by atoms with van der Waals surface area (Å²) >= 11 is 1.58. The summed E-state index contributed by atoms with van der Waals surface area (Å²) in [5.74, 6) is 1.51. The van der Waals surface area contributed by atoms with E-state index in [1.807, 2.05) is 6.20 Å². The lowest BCUT2D eigenvalue weighted by molar-refractivity contribution is 0.892. The Hall–Kier alpha value is -2.55. The first-order chi connectivity index (χ1) is 9.85. The largest absolute Gasteiger partial charge is 0.357 e. The van der Waals surface area contributed by atoms with Crippen molar-refractivity contribution < 1.29 is 0 Å². The van der Waals surface area contributed by atoms with Crippen LogP contribution in [0.2, 0.25) is 0 Å². The van der Waals surface area contributed by atoms with E-state index in [0.29, 0.717) is 24.4 Å². The molecule has 0 aromatic carbocycles. The van der Waals surface area contributed by atoms with Crippen LogP contribution in [-0.2, 0) is 6.54 Å². The lowest BCUT2D eigenvalue weighted by Crippen LogP contribution is -2.10. The molecule has 3 heterocycles. The first kappa shape index (κ1) is 12.5. The van der Waals surface area contributed by atoms with E-state index in [1.54, 1.807) is 47.2 Å². The molecule has 0 fully saturated rings. The monoisotopic (exact) mass is 288 g/mol. The van der Waals surface area contributed by atoms with Gasteiger partial charge in [-0.2, -0.15) is 15.0 Å². The average Bonchev–Trinajstić information content (AvgIpc) is 3.17. The van der Waals surface area contributed by atoms with Crippen LogP contribution in [0.1, 0.15) is 4.88 Å². The Kier molecular flexibility index (Phi) is 3.50. The van der Waals surface area contributed by atoms with E-state index < -0.39 is 0 Å². The lowest BCUT2D eigenvalue weighted by Gasteiger charge is -2.07. The quantitative estimate of drug-likeness (QED) is 0.727. The van der Waals surface area contributed by atoms with Crippen molar-refractivity contribution in [2.75, 3.05) is 17.7 Å². The highest BCUT2D eigenvalue weighted by atomic mass is 32.1. The molecule has 102 valence electrons. The number of imidazole rings is 1. The SMILES string of the molecule is CNc1nc(NCc2cncs2)nc(-n2ccnc2)n1. The number of aromatic nitrogens is 6. The summed E-state index contributed by atoms with van der Waals surface area (Å²) in [5, 5.41) is 6.08. The maximum atomic E-state index is 4.36. The standard InChI is InChI=1S/C11H12N8S/c1-12-9-16-10(15-5-8-4-14-7-20-8)18-11(17-9)19-3-2-13-6-19/h2-4,6-7H,5H2,1H3,(H2,12,15,16,17,18). The molecule has 3 aromatic rings. The van der Waals surface area contributed by atoms with Gasteiger partial charge in [0.05, 0.1) is 12.1 Å². The normalized spacial score (nSPS) is 10.4. The summed E-state index contributed by atoms with van der Waals surface area (Å²) in [7, 11) is 1.76. The number of hydrogen-bond acceptors (Lipinski definition) is 8. The van der Waals surface area contributed by atoms with Gasteiger partial charge in [-0.3, -0.25) is 9.55 Å². The molecule has 8 nitrogen and oxygen atoms in total. The van der Waals surface area contributed by atoms with Gasteiger partial charge in [-0.15, -0.1) is 11.3 Å². The predicted octanol–water partition coefficient (Wildman–Crippen LogP) is 1.17. The molecule has 3 aromatic heterocycles. The minimum Gasteiger partial charge on any atom is -0.357 e. The number of nitrogens with zero attached hydrogens (tertiary/aromatic N) is 6. The third-order valence-electron chi connectivity index (χ3n) is 2.49. The number of rotatable bonds is 5. The zero-order valence-corrected chi connectivity index (χ0v) is 11.5. The fourth-order valence-electron chi connectivity index (χ4n) is 1.54. The van der Waals surface area contributed by atoms with Crippen molar-refractivity contribution in [3.63, 3.8) is 0 Å². The predicted molar refractivity (Wildman–Crippen MR) is 75.9 cm³/mol. The van der Waals surface area contributed by atoms with Gasteiger partial charge in [0.2, 0.25) is 17.8 Å². The second-order valence-corrected chi connectivity index (χ2v) is 4.79. The molecular formula is C11H12N8S. The van der Waals surface area contributed by atoms with E-state index in [4.69, 9.17) is 0 Å². The number of anilines is 2. The van der Waals surface area contributed by atoms with Crippen LogP contribution in [0.3, 0.4) is 0 Å². The fourth-order valence-corrected chi connectivity index (χ4v) is 2.08. The highest BCUT2D eigenvalue weighted by Crippen LogP contribution is 2.11. The fraction of sp³-hybridized carbons (Fsp3) is 0.182. The van der Waals surface area contributed by atoms with Crippen molar-refractivity contribution in [2.45, 2.75) is 6.54 Å². The van der Waals surface area contributed by atoms with Crippen LogP contribution in [0, 0.1) is 0 Å². The molecule has 0 aliphatic carbocycles. The molecule has 0 radical (unpaired) electrons. The summed E-state index contributed by atoms with van der Waals surface area (Å²) in [6.07, 6.45) is 6.91. The minimum absolute atomic E-state index is 0.496. The zero-order chi connectivity index (χ0) is 13.8. The lowest BCUT2D eigenvalue weighted by atomic mass is 10.5. The molecule has 9 heteroatoms. The Labute approximate surface area is 119 Å². The molecule has 0 saturated heterocycles. The zero-order valence-electron chi connectivity index (χ0n) is 10.7. The van der Waals surface area contributed by atoms with Crippen LogP contribution >= 0.6 is 11.3 Å². The second-order valence-electron chi connectivity index (χ2n) is 3.82. The van der Waals surface area contributed by atoms with E-state index in [9.17, 15) is 0 Å². The Morgan fingerprint density at radius 2 is 2.10 bits per heavy atom. The van der Waals surface area contributed by atoms with Crippen LogP contribution in [0.25, 0.3) is 5.95 Å². The molecule has 0 bridgehead atoms. The summed E-state index contributed by atoms with van der Waals surface area (Å²) in [6, 6.07) is 0. The molecule has 2 N–H and O–H groups in total. The van der Waals surface area contributed by atoms with Crippen molar-refractivity contribution in [2.24, 2.45) is 0 Å². The first-order valence-electron chi connectivity index (χ1n) is 5.88. The van der Waals surface area contributed by atoms with Crippen LogP contribution in [-0.4, -0.2) is 36.5 Å². The van der Waals surface area contributed by atoms with Crippen LogP contribution in [0.5, 0.6) is 0 Å². The van der Waals surface area contributed by atoms with Gasteiger partial charge < -0.3 is 10.6 Å². The number of hydrogen-bond donors (Lipinski definition) is 2. The van der Waals surface area contributed by atoms with Crippen molar-refractivity contribution in [3.05, 3.63) is 35.3 Å². The van der Waals surface area contributed by atoms with Crippen LogP contribution < -0.4 is 10.6 Å². The van der Waals surface area contributed by atoms with Gasteiger partial charge in [-0.25, -0.2) is 4.98 Å². The molecule has 0 unspecified atom stereocenters. The van der Waals surface area contributed by atoms with Crippen LogP contribution in [0.15, 0.2) is 30.4 Å². The molecule has 0 amide bonds. The molecule has 0 saturated carbocycles. The molecule has 0 aliphatic heterocycles. The molecule has 20 heavy (non-hydrogen) atoms. The van der Waals surface area contributed by atoms with Gasteiger partial charge in [0.15, 0.2) is 0 Å². The Morgan fingerprint density at radius 1 is 1.20 bits per heavy atom. The van der Waals surface area contributed by atoms with Crippen molar-refractivity contribution >= 4 is 23.2 Å². The number of thiazole rings is 1. The highest BCUT2D eigenvalue weighted by Gasteiger charge is 2.07. The topological polar surface area (TPSA) is 93.4 Å². The van der Waals surface area contributed by atoms with E-state index in [0.717, 1.165) is 4.88 Å². The Bertz CT molecular complexity index is 664. The van der Waals surface area contributed by atoms with Crippen LogP contribution in [0.4, 0.5) is 11.9 Å². The van der Waals surface area contributed by atoms with Gasteiger partial charge >= 0.3 is 0 Å². The first-order valence-corrected chi connectivity index (χ1v) is 6.76. The average molecular weight is 288 g/mol. The molecule has 0 spiro atoms. The molecule has 0 aliphatic rings. The maximum Gasteiger partial charge on any atom is 0.241 e.